The summed E-state index contributed by atoms with van der Waals surface area (Å²) in [6.07, 6.45) is 7.20. The summed E-state index contributed by atoms with van der Waals surface area (Å²) in [6.45, 7) is 6.93. The fraction of sp³-hybridized carbons (Fsp3) is 0.667. The van der Waals surface area contributed by atoms with Crippen LogP contribution in [0.4, 0.5) is 0 Å². The molecule has 1 rings (SSSR count). The molecule has 92 valence electrons. The lowest BCUT2D eigenvalue weighted by Gasteiger charge is -2.08. The fourth-order valence-corrected chi connectivity index (χ4v) is 1.88. The molecule has 1 N–H and O–H groups in total. The smallest absolute Gasteiger partial charge is 0.0441 e. The second-order valence-electron chi connectivity index (χ2n) is 4.20. The van der Waals surface area contributed by atoms with Crippen molar-refractivity contribution in [3.8, 4) is 0 Å². The largest absolute Gasteiger partial charge is 0.354 e. The Morgan fingerprint density at radius 3 is 2.94 bits per heavy atom. The molecule has 3 nitrogen and oxygen atoms in total. The topological polar surface area (TPSA) is 34.0 Å². The van der Waals surface area contributed by atoms with Crippen molar-refractivity contribution in [2.45, 2.75) is 38.6 Å². The van der Waals surface area contributed by atoms with E-state index < -0.39 is 10.8 Å². The molecule has 0 saturated carbocycles. The summed E-state index contributed by atoms with van der Waals surface area (Å²) >= 11 is 0. The van der Waals surface area contributed by atoms with Crippen LogP contribution in [0, 0.1) is 0 Å². The SMILES string of the molecule is CCCn1ccc(CNCC(C)S(C)=O)c1. The Balaban J connectivity index is 2.29. The Kier molecular flexibility index (Phi) is 5.77. The molecule has 16 heavy (non-hydrogen) atoms. The van der Waals surface area contributed by atoms with Gasteiger partial charge in [0.05, 0.1) is 0 Å². The Hall–Kier alpha value is -0.610. The number of hydrogen-bond donors (Lipinski definition) is 1. The van der Waals surface area contributed by atoms with Crippen molar-refractivity contribution < 1.29 is 4.21 Å². The van der Waals surface area contributed by atoms with Gasteiger partial charge in [0.1, 0.15) is 0 Å². The minimum atomic E-state index is -0.734. The van der Waals surface area contributed by atoms with Crippen LogP contribution in [-0.4, -0.2) is 26.8 Å². The molecular weight excluding hydrogens is 220 g/mol. The molecule has 0 amide bonds. The lowest BCUT2D eigenvalue weighted by molar-refractivity contribution is 0.643. The summed E-state index contributed by atoms with van der Waals surface area (Å²) < 4.78 is 13.3. The van der Waals surface area contributed by atoms with Crippen molar-refractivity contribution in [1.29, 1.82) is 0 Å². The number of aryl methyl sites for hydroxylation is 1. The summed E-state index contributed by atoms with van der Waals surface area (Å²) in [4.78, 5) is 0. The van der Waals surface area contributed by atoms with E-state index in [4.69, 9.17) is 0 Å². The number of rotatable bonds is 7. The normalized spacial score (nSPS) is 14.9. The third kappa shape index (κ3) is 4.49. The molecule has 0 aromatic carbocycles. The highest BCUT2D eigenvalue weighted by molar-refractivity contribution is 7.84. The van der Waals surface area contributed by atoms with E-state index in [0.717, 1.165) is 26.1 Å². The maximum atomic E-state index is 11.1. The van der Waals surface area contributed by atoms with Crippen LogP contribution in [0.1, 0.15) is 25.8 Å². The zero-order valence-corrected chi connectivity index (χ0v) is 11.2. The zero-order chi connectivity index (χ0) is 12.0. The molecule has 0 saturated heterocycles. The second kappa shape index (κ2) is 6.86. The summed E-state index contributed by atoms with van der Waals surface area (Å²) in [7, 11) is -0.734. The molecule has 2 atom stereocenters. The molecular formula is C12H22N2OS. The Bertz CT molecular complexity index is 336. The fourth-order valence-electron chi connectivity index (χ4n) is 1.53. The molecule has 0 aliphatic carbocycles. The van der Waals surface area contributed by atoms with E-state index in [-0.39, 0.29) is 5.25 Å². The van der Waals surface area contributed by atoms with E-state index >= 15 is 0 Å². The standard InChI is InChI=1S/C12H22N2OS/c1-4-6-14-7-5-12(10-14)9-13-8-11(2)16(3)15/h5,7,10-11,13H,4,6,8-9H2,1-3H3. The highest BCUT2D eigenvalue weighted by Gasteiger charge is 2.05. The van der Waals surface area contributed by atoms with Gasteiger partial charge in [-0.25, -0.2) is 0 Å². The summed E-state index contributed by atoms with van der Waals surface area (Å²) in [6, 6.07) is 2.14. The van der Waals surface area contributed by atoms with E-state index in [2.05, 4.69) is 35.3 Å². The van der Waals surface area contributed by atoms with Crippen molar-refractivity contribution in [1.82, 2.24) is 9.88 Å². The van der Waals surface area contributed by atoms with Gasteiger partial charge in [-0.05, 0) is 25.0 Å². The van der Waals surface area contributed by atoms with Crippen LogP contribution in [0.5, 0.6) is 0 Å². The van der Waals surface area contributed by atoms with Gasteiger partial charge in [0, 0.05) is 54.3 Å². The van der Waals surface area contributed by atoms with Crippen LogP contribution in [0.3, 0.4) is 0 Å². The molecule has 4 heteroatoms. The monoisotopic (exact) mass is 242 g/mol. The van der Waals surface area contributed by atoms with Gasteiger partial charge < -0.3 is 9.88 Å². The molecule has 0 aliphatic rings. The van der Waals surface area contributed by atoms with Gasteiger partial charge >= 0.3 is 0 Å². The van der Waals surface area contributed by atoms with Gasteiger partial charge in [-0.15, -0.1) is 0 Å². The first kappa shape index (κ1) is 13.5. The van der Waals surface area contributed by atoms with Crippen LogP contribution in [0.25, 0.3) is 0 Å². The van der Waals surface area contributed by atoms with E-state index in [1.807, 2.05) is 6.92 Å². The molecule has 1 heterocycles. The van der Waals surface area contributed by atoms with Crippen LogP contribution < -0.4 is 5.32 Å². The molecule has 2 unspecified atom stereocenters. The van der Waals surface area contributed by atoms with Gasteiger partial charge in [0.25, 0.3) is 0 Å². The van der Waals surface area contributed by atoms with Crippen LogP contribution in [-0.2, 0) is 23.9 Å². The lowest BCUT2D eigenvalue weighted by atomic mass is 10.3. The maximum Gasteiger partial charge on any atom is 0.0441 e. The van der Waals surface area contributed by atoms with Crippen molar-refractivity contribution in [3.63, 3.8) is 0 Å². The average molecular weight is 242 g/mol. The number of hydrogen-bond acceptors (Lipinski definition) is 2. The van der Waals surface area contributed by atoms with E-state index in [1.54, 1.807) is 6.26 Å². The van der Waals surface area contributed by atoms with Gasteiger partial charge in [-0.3, -0.25) is 4.21 Å². The minimum absolute atomic E-state index is 0.220. The molecule has 0 aliphatic heterocycles. The number of aromatic nitrogens is 1. The minimum Gasteiger partial charge on any atom is -0.354 e. The second-order valence-corrected chi connectivity index (χ2v) is 6.00. The predicted octanol–water partition coefficient (Wildman–Crippen LogP) is 1.75. The highest BCUT2D eigenvalue weighted by Crippen LogP contribution is 2.02. The number of nitrogens with one attached hydrogen (secondary N) is 1. The van der Waals surface area contributed by atoms with Gasteiger partial charge in [-0.1, -0.05) is 6.92 Å². The first-order chi connectivity index (χ1) is 7.63. The third-order valence-corrected chi connectivity index (χ3v) is 3.92. The lowest BCUT2D eigenvalue weighted by Crippen LogP contribution is -2.27. The van der Waals surface area contributed by atoms with E-state index in [0.29, 0.717) is 0 Å². The molecule has 0 spiro atoms. The molecule has 0 bridgehead atoms. The maximum absolute atomic E-state index is 11.1. The van der Waals surface area contributed by atoms with Crippen molar-refractivity contribution >= 4 is 10.8 Å². The van der Waals surface area contributed by atoms with Gasteiger partial charge in [0.15, 0.2) is 0 Å². The molecule has 1 aromatic heterocycles. The zero-order valence-electron chi connectivity index (χ0n) is 10.4. The quantitative estimate of drug-likeness (QED) is 0.790. The first-order valence-electron chi connectivity index (χ1n) is 5.81. The Morgan fingerprint density at radius 2 is 2.31 bits per heavy atom. The molecule has 0 radical (unpaired) electrons. The summed E-state index contributed by atoms with van der Waals surface area (Å²) in [5.41, 5.74) is 1.29. The Morgan fingerprint density at radius 1 is 1.56 bits per heavy atom. The Labute approximate surface area is 101 Å². The van der Waals surface area contributed by atoms with Gasteiger partial charge in [0.2, 0.25) is 0 Å². The van der Waals surface area contributed by atoms with E-state index in [1.165, 1.54) is 5.56 Å². The summed E-state index contributed by atoms with van der Waals surface area (Å²) in [5.74, 6) is 0. The van der Waals surface area contributed by atoms with Crippen molar-refractivity contribution in [2.75, 3.05) is 12.8 Å². The van der Waals surface area contributed by atoms with Crippen LogP contribution in [0.15, 0.2) is 18.5 Å². The van der Waals surface area contributed by atoms with Crippen LogP contribution in [0.2, 0.25) is 0 Å². The van der Waals surface area contributed by atoms with E-state index in [9.17, 15) is 4.21 Å². The van der Waals surface area contributed by atoms with Crippen molar-refractivity contribution in [2.24, 2.45) is 0 Å². The first-order valence-corrected chi connectivity index (χ1v) is 7.43. The summed E-state index contributed by atoms with van der Waals surface area (Å²) in [5, 5.41) is 3.55. The van der Waals surface area contributed by atoms with Gasteiger partial charge in [-0.2, -0.15) is 0 Å². The van der Waals surface area contributed by atoms with Crippen LogP contribution >= 0.6 is 0 Å². The highest BCUT2D eigenvalue weighted by atomic mass is 32.2. The third-order valence-electron chi connectivity index (χ3n) is 2.62. The molecule has 1 aromatic rings. The number of nitrogens with zero attached hydrogens (tertiary/aromatic N) is 1. The molecule has 0 fully saturated rings. The van der Waals surface area contributed by atoms with Crippen molar-refractivity contribution in [3.05, 3.63) is 24.0 Å². The average Bonchev–Trinajstić information content (AvgIpc) is 2.66. The predicted molar refractivity (Wildman–Crippen MR) is 70.0 cm³/mol.